The van der Waals surface area contributed by atoms with Crippen molar-refractivity contribution >= 4 is 27.8 Å². The van der Waals surface area contributed by atoms with Crippen LogP contribution in [0.25, 0.3) is 0 Å². The molecular formula is C12H16BrN3O3. The minimum Gasteiger partial charge on any atom is -0.481 e. The number of hydrogen-bond acceptors (Lipinski definition) is 3. The lowest BCUT2D eigenvalue weighted by Gasteiger charge is -2.14. The van der Waals surface area contributed by atoms with Gasteiger partial charge in [0.25, 0.3) is 5.91 Å². The molecule has 1 aliphatic heterocycles. The first-order valence-electron chi connectivity index (χ1n) is 6.17. The van der Waals surface area contributed by atoms with Crippen LogP contribution in [0, 0.1) is 5.92 Å². The molecule has 7 heteroatoms. The number of aromatic nitrogens is 2. The quantitative estimate of drug-likeness (QED) is 0.885. The average molecular weight is 330 g/mol. The molecule has 0 spiro atoms. The Hall–Kier alpha value is -1.37. The number of likely N-dealkylation sites (tertiary alicyclic amines) is 1. The third-order valence-corrected chi connectivity index (χ3v) is 4.14. The summed E-state index contributed by atoms with van der Waals surface area (Å²) in [5, 5.41) is 15.8. The van der Waals surface area contributed by atoms with E-state index in [0.717, 1.165) is 5.69 Å². The highest BCUT2D eigenvalue weighted by atomic mass is 79.9. The standard InChI is InChI=1S/C12H16BrN3O3/c1-6(2)9-8(13)10(15-14-9)11(17)16-4-3-7(5-16)12(18)19/h6-7H,3-5H2,1-2H3,(H,14,15)(H,18,19)/t7-/m1/s1. The fourth-order valence-electron chi connectivity index (χ4n) is 2.16. The van der Waals surface area contributed by atoms with Gasteiger partial charge < -0.3 is 10.0 Å². The van der Waals surface area contributed by atoms with Gasteiger partial charge in [0.15, 0.2) is 5.69 Å². The molecule has 0 radical (unpaired) electrons. The van der Waals surface area contributed by atoms with Crippen LogP contribution in [0.3, 0.4) is 0 Å². The van der Waals surface area contributed by atoms with Gasteiger partial charge in [-0.25, -0.2) is 0 Å². The lowest BCUT2D eigenvalue weighted by Crippen LogP contribution is -2.30. The van der Waals surface area contributed by atoms with Crippen molar-refractivity contribution in [1.82, 2.24) is 15.1 Å². The molecule has 1 amide bonds. The molecule has 1 fully saturated rings. The zero-order valence-corrected chi connectivity index (χ0v) is 12.4. The Labute approximate surface area is 119 Å². The zero-order chi connectivity index (χ0) is 14.2. The number of nitrogens with zero attached hydrogens (tertiary/aromatic N) is 2. The lowest BCUT2D eigenvalue weighted by molar-refractivity contribution is -0.141. The Balaban J connectivity index is 2.15. The van der Waals surface area contributed by atoms with Crippen molar-refractivity contribution in [1.29, 1.82) is 0 Å². The van der Waals surface area contributed by atoms with Crippen LogP contribution >= 0.6 is 15.9 Å². The maximum Gasteiger partial charge on any atom is 0.308 e. The van der Waals surface area contributed by atoms with Crippen LogP contribution in [0.1, 0.15) is 42.4 Å². The predicted molar refractivity (Wildman–Crippen MR) is 72.0 cm³/mol. The van der Waals surface area contributed by atoms with Crippen molar-refractivity contribution in [3.63, 3.8) is 0 Å². The molecule has 1 aromatic heterocycles. The first-order chi connectivity index (χ1) is 8.91. The fourth-order valence-corrected chi connectivity index (χ4v) is 2.97. The van der Waals surface area contributed by atoms with Crippen LogP contribution in [0.15, 0.2) is 4.47 Å². The molecule has 0 bridgehead atoms. The van der Waals surface area contributed by atoms with Crippen molar-refractivity contribution in [3.05, 3.63) is 15.9 Å². The van der Waals surface area contributed by atoms with Gasteiger partial charge in [0.05, 0.1) is 16.1 Å². The Morgan fingerprint density at radius 1 is 1.53 bits per heavy atom. The zero-order valence-electron chi connectivity index (χ0n) is 10.8. The van der Waals surface area contributed by atoms with Gasteiger partial charge in [-0.05, 0) is 28.3 Å². The summed E-state index contributed by atoms with van der Waals surface area (Å²) in [6, 6.07) is 0. The molecule has 19 heavy (non-hydrogen) atoms. The minimum atomic E-state index is -0.848. The largest absolute Gasteiger partial charge is 0.481 e. The van der Waals surface area contributed by atoms with E-state index in [-0.39, 0.29) is 18.4 Å². The van der Waals surface area contributed by atoms with Gasteiger partial charge in [0, 0.05) is 13.1 Å². The van der Waals surface area contributed by atoms with E-state index in [1.54, 1.807) is 4.90 Å². The maximum atomic E-state index is 12.3. The van der Waals surface area contributed by atoms with Crippen LogP contribution in [0.5, 0.6) is 0 Å². The number of aromatic amines is 1. The van der Waals surface area contributed by atoms with Crippen LogP contribution in [-0.2, 0) is 4.79 Å². The number of hydrogen-bond donors (Lipinski definition) is 2. The van der Waals surface area contributed by atoms with E-state index in [9.17, 15) is 9.59 Å². The molecule has 6 nitrogen and oxygen atoms in total. The monoisotopic (exact) mass is 329 g/mol. The van der Waals surface area contributed by atoms with Gasteiger partial charge in [0.1, 0.15) is 0 Å². The summed E-state index contributed by atoms with van der Waals surface area (Å²) in [6.45, 7) is 4.72. The summed E-state index contributed by atoms with van der Waals surface area (Å²) in [6.07, 6.45) is 0.500. The molecule has 1 aliphatic rings. The number of aliphatic carboxylic acids is 1. The highest BCUT2D eigenvalue weighted by Gasteiger charge is 2.33. The smallest absolute Gasteiger partial charge is 0.308 e. The minimum absolute atomic E-state index is 0.223. The fraction of sp³-hybridized carbons (Fsp3) is 0.583. The number of carbonyl (C=O) groups excluding carboxylic acids is 1. The van der Waals surface area contributed by atoms with Crippen LogP contribution in [0.2, 0.25) is 0 Å². The Kier molecular flexibility index (Phi) is 3.93. The second kappa shape index (κ2) is 5.32. The molecule has 0 aliphatic carbocycles. The lowest BCUT2D eigenvalue weighted by atomic mass is 10.1. The Morgan fingerprint density at radius 2 is 2.21 bits per heavy atom. The summed E-state index contributed by atoms with van der Waals surface area (Å²) in [5.41, 5.74) is 1.20. The number of amides is 1. The van der Waals surface area contributed by atoms with Gasteiger partial charge in [-0.1, -0.05) is 13.8 Å². The molecular weight excluding hydrogens is 314 g/mol. The van der Waals surface area contributed by atoms with E-state index in [1.807, 2.05) is 13.8 Å². The third-order valence-electron chi connectivity index (χ3n) is 3.34. The predicted octanol–water partition coefficient (Wildman–Crippen LogP) is 1.84. The van der Waals surface area contributed by atoms with Crippen molar-refractivity contribution in [2.24, 2.45) is 5.92 Å². The first-order valence-corrected chi connectivity index (χ1v) is 6.97. The summed E-state index contributed by atoms with van der Waals surface area (Å²) >= 11 is 3.39. The molecule has 1 saturated heterocycles. The van der Waals surface area contributed by atoms with Gasteiger partial charge in [-0.2, -0.15) is 5.10 Å². The number of nitrogens with one attached hydrogen (secondary N) is 1. The van der Waals surface area contributed by atoms with Crippen molar-refractivity contribution in [3.8, 4) is 0 Å². The highest BCUT2D eigenvalue weighted by Crippen LogP contribution is 2.27. The van der Waals surface area contributed by atoms with Crippen molar-refractivity contribution < 1.29 is 14.7 Å². The van der Waals surface area contributed by atoms with Crippen molar-refractivity contribution in [2.75, 3.05) is 13.1 Å². The van der Waals surface area contributed by atoms with Gasteiger partial charge in [-0.3, -0.25) is 14.7 Å². The summed E-state index contributed by atoms with van der Waals surface area (Å²) in [4.78, 5) is 24.7. The highest BCUT2D eigenvalue weighted by molar-refractivity contribution is 9.10. The molecule has 0 unspecified atom stereocenters. The van der Waals surface area contributed by atoms with Crippen LogP contribution < -0.4 is 0 Å². The van der Waals surface area contributed by atoms with Gasteiger partial charge in [-0.15, -0.1) is 0 Å². The maximum absolute atomic E-state index is 12.3. The van der Waals surface area contributed by atoms with E-state index >= 15 is 0 Å². The number of H-pyrrole nitrogens is 1. The SMILES string of the molecule is CC(C)c1[nH]nc(C(=O)N2CC[C@@H](C(=O)O)C2)c1Br. The van der Waals surface area contributed by atoms with Crippen molar-refractivity contribution in [2.45, 2.75) is 26.2 Å². The number of rotatable bonds is 3. The topological polar surface area (TPSA) is 86.3 Å². The number of halogens is 1. The molecule has 0 saturated carbocycles. The molecule has 1 atom stereocenters. The van der Waals surface area contributed by atoms with Gasteiger partial charge >= 0.3 is 5.97 Å². The van der Waals surface area contributed by atoms with E-state index in [1.165, 1.54) is 0 Å². The number of carboxylic acid groups (broad SMARTS) is 1. The molecule has 1 aromatic rings. The molecule has 2 N–H and O–H groups in total. The van der Waals surface area contributed by atoms with E-state index in [0.29, 0.717) is 23.1 Å². The Morgan fingerprint density at radius 3 is 2.68 bits per heavy atom. The van der Waals surface area contributed by atoms with E-state index in [2.05, 4.69) is 26.1 Å². The summed E-state index contributed by atoms with van der Waals surface area (Å²) < 4.78 is 0.672. The second-order valence-corrected chi connectivity index (χ2v) is 5.82. The van der Waals surface area contributed by atoms with Gasteiger partial charge in [0.2, 0.25) is 0 Å². The van der Waals surface area contributed by atoms with E-state index < -0.39 is 11.9 Å². The summed E-state index contributed by atoms with van der Waals surface area (Å²) in [7, 11) is 0. The van der Waals surface area contributed by atoms with E-state index in [4.69, 9.17) is 5.11 Å². The molecule has 0 aromatic carbocycles. The summed E-state index contributed by atoms with van der Waals surface area (Å²) in [5.74, 6) is -1.31. The third kappa shape index (κ3) is 2.65. The molecule has 2 heterocycles. The van der Waals surface area contributed by atoms with Crippen LogP contribution in [0.4, 0.5) is 0 Å². The normalized spacial score (nSPS) is 19.2. The molecule has 2 rings (SSSR count). The number of carbonyl (C=O) groups is 2. The second-order valence-electron chi connectivity index (χ2n) is 5.03. The Bertz CT molecular complexity index is 512. The molecule has 104 valence electrons. The first kappa shape index (κ1) is 14.0. The average Bonchev–Trinajstić information content (AvgIpc) is 2.94. The van der Waals surface area contributed by atoms with Crippen LogP contribution in [-0.4, -0.2) is 45.2 Å². The number of carboxylic acids is 1.